The van der Waals surface area contributed by atoms with Gasteiger partial charge in [-0.25, -0.2) is 4.39 Å². The summed E-state index contributed by atoms with van der Waals surface area (Å²) >= 11 is 0. The minimum Gasteiger partial charge on any atom is -0.256 e. The quantitative estimate of drug-likeness (QED) is 0.597. The fourth-order valence-corrected chi connectivity index (χ4v) is 2.63. The molecule has 0 amide bonds. The highest BCUT2D eigenvalue weighted by Gasteiger charge is 2.10. The van der Waals surface area contributed by atoms with E-state index in [0.29, 0.717) is 5.56 Å². The van der Waals surface area contributed by atoms with Gasteiger partial charge in [-0.05, 0) is 29.7 Å². The number of rotatable bonds is 4. The van der Waals surface area contributed by atoms with Crippen LogP contribution in [0.1, 0.15) is 18.1 Å². The van der Waals surface area contributed by atoms with Crippen LogP contribution < -0.4 is 0 Å². The molecule has 2 heteroatoms. The van der Waals surface area contributed by atoms with Crippen molar-refractivity contribution in [3.05, 3.63) is 84.3 Å². The van der Waals surface area contributed by atoms with E-state index >= 15 is 0 Å². The van der Waals surface area contributed by atoms with Gasteiger partial charge in [-0.3, -0.25) is 4.98 Å². The van der Waals surface area contributed by atoms with Crippen LogP contribution >= 0.6 is 0 Å². The van der Waals surface area contributed by atoms with Crippen LogP contribution in [0.3, 0.4) is 0 Å². The molecule has 0 atom stereocenters. The topological polar surface area (TPSA) is 12.9 Å². The second-order valence-corrected chi connectivity index (χ2v) is 5.39. The lowest BCUT2D eigenvalue weighted by Crippen LogP contribution is -1.91. The third-order valence-electron chi connectivity index (χ3n) is 3.97. The molecule has 0 fully saturated rings. The van der Waals surface area contributed by atoms with Crippen molar-refractivity contribution in [2.24, 2.45) is 0 Å². The van der Waals surface area contributed by atoms with Crippen LogP contribution in [-0.4, -0.2) is 4.98 Å². The molecule has 0 radical (unpaired) electrons. The van der Waals surface area contributed by atoms with Crippen LogP contribution in [0.5, 0.6) is 0 Å². The molecule has 1 nitrogen and oxygen atoms in total. The predicted octanol–water partition coefficient (Wildman–Crippen LogP) is 5.76. The normalized spacial score (nSPS) is 10.5. The van der Waals surface area contributed by atoms with Crippen molar-refractivity contribution in [2.45, 2.75) is 13.3 Å². The summed E-state index contributed by atoms with van der Waals surface area (Å²) in [6, 6.07) is 17.5. The first kappa shape index (κ1) is 15.2. The van der Waals surface area contributed by atoms with Gasteiger partial charge in [0.15, 0.2) is 0 Å². The van der Waals surface area contributed by atoms with Gasteiger partial charge in [-0.1, -0.05) is 62.0 Å². The summed E-state index contributed by atoms with van der Waals surface area (Å²) in [7, 11) is 0. The molecule has 0 saturated carbocycles. The Labute approximate surface area is 136 Å². The lowest BCUT2D eigenvalue weighted by Gasteiger charge is -2.10. The van der Waals surface area contributed by atoms with Crippen LogP contribution in [0.15, 0.2) is 67.4 Å². The van der Waals surface area contributed by atoms with E-state index in [2.05, 4.69) is 42.8 Å². The van der Waals surface area contributed by atoms with Crippen molar-refractivity contribution < 1.29 is 4.39 Å². The summed E-state index contributed by atoms with van der Waals surface area (Å²) in [5.74, 6) is -0.282. The Morgan fingerprint density at radius 3 is 2.43 bits per heavy atom. The van der Waals surface area contributed by atoms with Crippen LogP contribution in [0.2, 0.25) is 0 Å². The number of halogens is 1. The Morgan fingerprint density at radius 1 is 1.04 bits per heavy atom. The molecule has 0 aliphatic carbocycles. The molecule has 0 unspecified atom stereocenters. The molecule has 0 aliphatic heterocycles. The van der Waals surface area contributed by atoms with Gasteiger partial charge >= 0.3 is 0 Å². The van der Waals surface area contributed by atoms with Gasteiger partial charge in [0.25, 0.3) is 0 Å². The standard InChI is InChI=1S/C21H18FN/c1-3-15-7-9-17(10-8-15)19-6-5-13-23-21(19)18-12-11-16(4-2)20(22)14-18/h4-14H,2-3H2,1H3. The van der Waals surface area contributed by atoms with Gasteiger partial charge < -0.3 is 0 Å². The molecule has 0 bridgehead atoms. The molecule has 3 rings (SSSR count). The smallest absolute Gasteiger partial charge is 0.131 e. The minimum atomic E-state index is -0.282. The van der Waals surface area contributed by atoms with E-state index in [1.54, 1.807) is 12.3 Å². The second kappa shape index (κ2) is 6.57. The van der Waals surface area contributed by atoms with Gasteiger partial charge in [0.1, 0.15) is 5.82 Å². The summed E-state index contributed by atoms with van der Waals surface area (Å²) in [5, 5.41) is 0. The third-order valence-corrected chi connectivity index (χ3v) is 3.97. The van der Waals surface area contributed by atoms with Gasteiger partial charge in [0.05, 0.1) is 5.69 Å². The molecule has 2 aromatic carbocycles. The van der Waals surface area contributed by atoms with E-state index in [4.69, 9.17) is 0 Å². The van der Waals surface area contributed by atoms with Gasteiger partial charge in [-0.2, -0.15) is 0 Å². The Bertz CT molecular complexity index is 835. The van der Waals surface area contributed by atoms with E-state index in [-0.39, 0.29) is 5.82 Å². The SMILES string of the molecule is C=Cc1ccc(-c2ncccc2-c2ccc(CC)cc2)cc1F. The van der Waals surface area contributed by atoms with Crippen molar-refractivity contribution in [1.29, 1.82) is 0 Å². The van der Waals surface area contributed by atoms with Crippen molar-refractivity contribution in [3.63, 3.8) is 0 Å². The molecule has 3 aromatic rings. The molecule has 1 heterocycles. The largest absolute Gasteiger partial charge is 0.256 e. The lowest BCUT2D eigenvalue weighted by atomic mass is 9.97. The van der Waals surface area contributed by atoms with Crippen LogP contribution in [0.25, 0.3) is 28.5 Å². The molecule has 23 heavy (non-hydrogen) atoms. The molecule has 0 saturated heterocycles. The first-order valence-electron chi connectivity index (χ1n) is 7.69. The number of nitrogens with zero attached hydrogens (tertiary/aromatic N) is 1. The zero-order valence-electron chi connectivity index (χ0n) is 13.1. The number of hydrogen-bond donors (Lipinski definition) is 0. The fraction of sp³-hybridized carbons (Fsp3) is 0.0952. The fourth-order valence-electron chi connectivity index (χ4n) is 2.63. The third kappa shape index (κ3) is 3.07. The number of aromatic nitrogens is 1. The summed E-state index contributed by atoms with van der Waals surface area (Å²) in [6.07, 6.45) is 4.26. The summed E-state index contributed by atoms with van der Waals surface area (Å²) in [5.41, 5.74) is 5.42. The monoisotopic (exact) mass is 303 g/mol. The van der Waals surface area contributed by atoms with E-state index in [9.17, 15) is 4.39 Å². The molecule has 0 aliphatic rings. The molecular formula is C21H18FN. The van der Waals surface area contributed by atoms with Gasteiger partial charge in [0.2, 0.25) is 0 Å². The van der Waals surface area contributed by atoms with Crippen LogP contribution in [0.4, 0.5) is 4.39 Å². The first-order valence-corrected chi connectivity index (χ1v) is 7.69. The number of benzene rings is 2. The average molecular weight is 303 g/mol. The maximum atomic E-state index is 14.1. The zero-order valence-corrected chi connectivity index (χ0v) is 13.1. The van der Waals surface area contributed by atoms with Gasteiger partial charge in [0, 0.05) is 22.9 Å². The van der Waals surface area contributed by atoms with Crippen molar-refractivity contribution in [2.75, 3.05) is 0 Å². The highest BCUT2D eigenvalue weighted by molar-refractivity contribution is 5.81. The summed E-state index contributed by atoms with van der Waals surface area (Å²) in [6.45, 7) is 5.75. The van der Waals surface area contributed by atoms with Crippen LogP contribution in [0, 0.1) is 5.82 Å². The molecule has 114 valence electrons. The van der Waals surface area contributed by atoms with E-state index < -0.39 is 0 Å². The molecule has 1 aromatic heterocycles. The van der Waals surface area contributed by atoms with Gasteiger partial charge in [-0.15, -0.1) is 0 Å². The number of hydrogen-bond acceptors (Lipinski definition) is 1. The lowest BCUT2D eigenvalue weighted by molar-refractivity contribution is 0.625. The molecular weight excluding hydrogens is 285 g/mol. The van der Waals surface area contributed by atoms with Crippen molar-refractivity contribution in [3.8, 4) is 22.4 Å². The van der Waals surface area contributed by atoms with Crippen molar-refractivity contribution >= 4 is 6.08 Å². The van der Waals surface area contributed by atoms with Crippen LogP contribution in [-0.2, 0) is 6.42 Å². The zero-order chi connectivity index (χ0) is 16.2. The minimum absolute atomic E-state index is 0.282. The number of aryl methyl sites for hydroxylation is 1. The second-order valence-electron chi connectivity index (χ2n) is 5.39. The Morgan fingerprint density at radius 2 is 1.78 bits per heavy atom. The number of pyridine rings is 1. The van der Waals surface area contributed by atoms with E-state index in [1.807, 2.05) is 18.2 Å². The predicted molar refractivity (Wildman–Crippen MR) is 94.5 cm³/mol. The van der Waals surface area contributed by atoms with E-state index in [0.717, 1.165) is 28.8 Å². The average Bonchev–Trinajstić information content (AvgIpc) is 2.62. The summed E-state index contributed by atoms with van der Waals surface area (Å²) < 4.78 is 14.1. The summed E-state index contributed by atoms with van der Waals surface area (Å²) in [4.78, 5) is 4.47. The van der Waals surface area contributed by atoms with E-state index in [1.165, 1.54) is 17.7 Å². The first-order chi connectivity index (χ1) is 11.2. The Hall–Kier alpha value is -2.74. The maximum Gasteiger partial charge on any atom is 0.131 e. The molecule has 0 spiro atoms. The highest BCUT2D eigenvalue weighted by Crippen LogP contribution is 2.31. The Kier molecular flexibility index (Phi) is 4.33. The highest BCUT2D eigenvalue weighted by atomic mass is 19.1. The maximum absolute atomic E-state index is 14.1. The van der Waals surface area contributed by atoms with Crippen molar-refractivity contribution in [1.82, 2.24) is 4.98 Å². The molecule has 0 N–H and O–H groups in total. The Balaban J connectivity index is 2.10.